The molecule has 0 aliphatic carbocycles. The molecule has 4 nitrogen and oxygen atoms in total. The van der Waals surface area contributed by atoms with Crippen molar-refractivity contribution in [2.24, 2.45) is 0 Å². The highest BCUT2D eigenvalue weighted by Gasteiger charge is 2.39. The Morgan fingerprint density at radius 2 is 1.78 bits per heavy atom. The molecule has 1 unspecified atom stereocenters. The predicted molar refractivity (Wildman–Crippen MR) is 101 cm³/mol. The second-order valence-electron chi connectivity index (χ2n) is 5.45. The van der Waals surface area contributed by atoms with E-state index in [1.165, 1.54) is 0 Å². The van der Waals surface area contributed by atoms with Crippen molar-refractivity contribution < 1.29 is 9.11 Å². The molecule has 0 bridgehead atoms. The van der Waals surface area contributed by atoms with Crippen LogP contribution in [0.3, 0.4) is 0 Å². The molecule has 1 heterocycles. The number of hydrogen-bond acceptors (Lipinski definition) is 5. The van der Waals surface area contributed by atoms with Gasteiger partial charge in [0.25, 0.3) is 0 Å². The van der Waals surface area contributed by atoms with E-state index in [1.807, 2.05) is 55.6 Å². The molecule has 1 aliphatic heterocycles. The van der Waals surface area contributed by atoms with Crippen LogP contribution in [-0.4, -0.2) is 27.3 Å². The molecule has 2 aromatic carbocycles. The number of benzene rings is 2. The second kappa shape index (κ2) is 7.15. The van der Waals surface area contributed by atoms with E-state index in [1.54, 1.807) is 16.1 Å². The lowest BCUT2D eigenvalue weighted by Gasteiger charge is -2.52. The van der Waals surface area contributed by atoms with Crippen LogP contribution in [0.4, 0.5) is 11.4 Å². The van der Waals surface area contributed by atoms with Crippen LogP contribution in [0.15, 0.2) is 59.5 Å². The van der Waals surface area contributed by atoms with Gasteiger partial charge in [0.05, 0.1) is 11.4 Å². The lowest BCUT2D eigenvalue weighted by atomic mass is 10.2. The largest absolute Gasteiger partial charge is 0.320 e. The quantitative estimate of drug-likeness (QED) is 0.668. The maximum Gasteiger partial charge on any atom is 0.119 e. The van der Waals surface area contributed by atoms with Crippen molar-refractivity contribution in [2.75, 3.05) is 17.9 Å². The van der Waals surface area contributed by atoms with Crippen molar-refractivity contribution in [1.29, 1.82) is 0 Å². The highest BCUT2D eigenvalue weighted by molar-refractivity contribution is 8.34. The minimum absolute atomic E-state index is 0.231. The van der Waals surface area contributed by atoms with Crippen LogP contribution in [0.2, 0.25) is 0 Å². The van der Waals surface area contributed by atoms with Crippen LogP contribution >= 0.6 is 22.5 Å². The lowest BCUT2D eigenvalue weighted by molar-refractivity contribution is 0.477. The zero-order valence-corrected chi connectivity index (χ0v) is 14.7. The van der Waals surface area contributed by atoms with Crippen LogP contribution in [0.25, 0.3) is 0 Å². The Morgan fingerprint density at radius 3 is 2.52 bits per heavy atom. The molecule has 0 saturated carbocycles. The Balaban J connectivity index is 2.00. The molecule has 0 saturated heterocycles. The summed E-state index contributed by atoms with van der Waals surface area (Å²) in [5, 5.41) is 3.12. The van der Waals surface area contributed by atoms with Gasteiger partial charge < -0.3 is 5.32 Å². The van der Waals surface area contributed by atoms with Crippen LogP contribution in [0, 0.1) is 0 Å². The first-order valence-corrected chi connectivity index (χ1v) is 10.1. The van der Waals surface area contributed by atoms with E-state index in [0.717, 1.165) is 35.7 Å². The van der Waals surface area contributed by atoms with Crippen LogP contribution < -0.4 is 9.62 Å². The van der Waals surface area contributed by atoms with Gasteiger partial charge in [-0.15, -0.1) is 10.8 Å². The van der Waals surface area contributed by atoms with Crippen molar-refractivity contribution in [3.05, 3.63) is 54.6 Å². The zero-order chi connectivity index (χ0) is 16.3. The Hall–Kier alpha value is -1.18. The van der Waals surface area contributed by atoms with Crippen molar-refractivity contribution in [3.63, 3.8) is 0 Å². The van der Waals surface area contributed by atoms with E-state index in [9.17, 15) is 9.11 Å². The SMILES string of the molecule is CNCCCC1Sc2ccccc2N(c2ccccc2)S1(O)O. The molecule has 0 aromatic heterocycles. The molecular formula is C17H22N2O2S2. The maximum absolute atomic E-state index is 11.0. The molecule has 124 valence electrons. The molecular weight excluding hydrogens is 328 g/mol. The minimum atomic E-state index is -2.94. The van der Waals surface area contributed by atoms with Crippen molar-refractivity contribution in [2.45, 2.75) is 22.3 Å². The number of fused-ring (bicyclic) bond motifs is 1. The molecule has 1 atom stereocenters. The Bertz CT molecular complexity index is 652. The first kappa shape index (κ1) is 16.7. The first-order chi connectivity index (χ1) is 11.1. The maximum atomic E-state index is 11.0. The molecule has 3 rings (SSSR count). The van der Waals surface area contributed by atoms with E-state index in [-0.39, 0.29) is 4.58 Å². The molecule has 2 aromatic rings. The van der Waals surface area contributed by atoms with Gasteiger partial charge >= 0.3 is 0 Å². The second-order valence-corrected chi connectivity index (χ2v) is 9.05. The topological polar surface area (TPSA) is 55.7 Å². The van der Waals surface area contributed by atoms with Gasteiger partial charge in [-0.05, 0) is 50.7 Å². The van der Waals surface area contributed by atoms with Crippen molar-refractivity contribution in [1.82, 2.24) is 5.32 Å². The minimum Gasteiger partial charge on any atom is -0.320 e. The third-order valence-corrected chi connectivity index (χ3v) is 7.87. The van der Waals surface area contributed by atoms with Crippen LogP contribution in [-0.2, 0) is 0 Å². The van der Waals surface area contributed by atoms with Gasteiger partial charge in [-0.3, -0.25) is 9.11 Å². The number of nitrogens with zero attached hydrogens (tertiary/aromatic N) is 1. The first-order valence-electron chi connectivity index (χ1n) is 7.67. The van der Waals surface area contributed by atoms with Gasteiger partial charge in [-0.2, -0.15) is 0 Å². The molecule has 0 amide bonds. The molecule has 23 heavy (non-hydrogen) atoms. The third-order valence-electron chi connectivity index (χ3n) is 3.82. The van der Waals surface area contributed by atoms with Gasteiger partial charge in [-0.1, -0.05) is 42.1 Å². The average Bonchev–Trinajstić information content (AvgIpc) is 2.56. The number of rotatable bonds is 5. The summed E-state index contributed by atoms with van der Waals surface area (Å²) in [6.45, 7) is 0.875. The summed E-state index contributed by atoms with van der Waals surface area (Å²) in [5.74, 6) is 0. The molecule has 6 heteroatoms. The van der Waals surface area contributed by atoms with E-state index >= 15 is 0 Å². The van der Waals surface area contributed by atoms with E-state index in [4.69, 9.17) is 0 Å². The summed E-state index contributed by atoms with van der Waals surface area (Å²) in [6.07, 6.45) is 1.67. The Morgan fingerprint density at radius 1 is 1.09 bits per heavy atom. The highest BCUT2D eigenvalue weighted by Crippen LogP contribution is 2.65. The molecule has 0 spiro atoms. The van der Waals surface area contributed by atoms with Crippen LogP contribution in [0.1, 0.15) is 12.8 Å². The van der Waals surface area contributed by atoms with Gasteiger partial charge in [0.2, 0.25) is 0 Å². The van der Waals surface area contributed by atoms with Gasteiger partial charge in [-0.25, -0.2) is 4.31 Å². The molecule has 1 aliphatic rings. The third kappa shape index (κ3) is 3.36. The van der Waals surface area contributed by atoms with Gasteiger partial charge in [0.1, 0.15) is 4.58 Å². The van der Waals surface area contributed by atoms with Crippen molar-refractivity contribution >= 4 is 33.9 Å². The monoisotopic (exact) mass is 350 g/mol. The average molecular weight is 351 g/mol. The standard InChI is InChI=1S/C17H22N2O2S2/c1-18-13-7-12-17-22-16-11-6-5-10-15(16)19(23(17,20)21)14-8-3-2-4-9-14/h2-6,8-11,17-18,20-21H,7,12-13H2,1H3. The predicted octanol–water partition coefficient (Wildman–Crippen LogP) is 4.92. The fourth-order valence-electron chi connectivity index (χ4n) is 2.71. The summed E-state index contributed by atoms with van der Waals surface area (Å²) in [4.78, 5) is 1.09. The van der Waals surface area contributed by atoms with Crippen LogP contribution in [0.5, 0.6) is 0 Å². The fourth-order valence-corrected chi connectivity index (χ4v) is 6.46. The van der Waals surface area contributed by atoms with E-state index in [0.29, 0.717) is 0 Å². The number of para-hydroxylation sites is 2. The lowest BCUT2D eigenvalue weighted by Crippen LogP contribution is -2.33. The molecule has 0 fully saturated rings. The van der Waals surface area contributed by atoms with Crippen molar-refractivity contribution in [3.8, 4) is 0 Å². The van der Waals surface area contributed by atoms with E-state index < -0.39 is 10.8 Å². The Kier molecular flexibility index (Phi) is 5.18. The zero-order valence-electron chi connectivity index (χ0n) is 13.1. The normalized spacial score (nSPS) is 20.8. The van der Waals surface area contributed by atoms with Gasteiger partial charge in [0.15, 0.2) is 0 Å². The van der Waals surface area contributed by atoms with Gasteiger partial charge in [0, 0.05) is 4.90 Å². The number of thioether (sulfide) groups is 1. The fraction of sp³-hybridized carbons (Fsp3) is 0.294. The number of nitrogens with one attached hydrogen (secondary N) is 1. The summed E-state index contributed by atoms with van der Waals surface area (Å²) < 4.78 is 23.5. The smallest absolute Gasteiger partial charge is 0.119 e. The van der Waals surface area contributed by atoms with E-state index in [2.05, 4.69) is 11.4 Å². The number of anilines is 2. The Labute approximate surface area is 143 Å². The molecule has 0 radical (unpaired) electrons. The number of hydrogen-bond donors (Lipinski definition) is 3. The highest BCUT2D eigenvalue weighted by atomic mass is 32.3. The summed E-state index contributed by atoms with van der Waals surface area (Å²) >= 11 is 1.58. The summed E-state index contributed by atoms with van der Waals surface area (Å²) in [7, 11) is -1.03. The summed E-state index contributed by atoms with van der Waals surface area (Å²) in [6, 6.07) is 17.6. The molecule has 3 N–H and O–H groups in total. The summed E-state index contributed by atoms with van der Waals surface area (Å²) in [5.41, 5.74) is 1.69.